The Balaban J connectivity index is 2.73. The second-order valence-electron chi connectivity index (χ2n) is 3.43. The molecule has 0 aliphatic carbocycles. The highest BCUT2D eigenvalue weighted by atomic mass is 16.5. The highest BCUT2D eigenvalue weighted by Crippen LogP contribution is 2.27. The highest BCUT2D eigenvalue weighted by molar-refractivity contribution is 5.94. The Hall–Kier alpha value is -2.59. The molecule has 0 heterocycles. The summed E-state index contributed by atoms with van der Waals surface area (Å²) < 4.78 is 9.67. The first-order chi connectivity index (χ1) is 9.08. The number of amides is 1. The fourth-order valence-electron chi connectivity index (χ4n) is 1.33. The van der Waals surface area contributed by atoms with Crippen molar-refractivity contribution >= 4 is 17.6 Å². The first-order valence-corrected chi connectivity index (χ1v) is 5.25. The fourth-order valence-corrected chi connectivity index (χ4v) is 1.33. The van der Waals surface area contributed by atoms with E-state index in [1.807, 2.05) is 6.07 Å². The molecule has 19 heavy (non-hydrogen) atoms. The normalized spacial score (nSPS) is 9.47. The average Bonchev–Trinajstić information content (AvgIpc) is 2.38. The lowest BCUT2D eigenvalue weighted by Crippen LogP contribution is -2.21. The molecule has 0 radical (unpaired) electrons. The first-order valence-electron chi connectivity index (χ1n) is 5.25. The number of methoxy groups -OCH3 is 1. The molecule has 1 amide bonds. The van der Waals surface area contributed by atoms with E-state index in [9.17, 15) is 9.59 Å². The van der Waals surface area contributed by atoms with Crippen LogP contribution in [0.15, 0.2) is 18.2 Å². The lowest BCUT2D eigenvalue weighted by atomic mass is 10.2. The average molecular weight is 264 g/mol. The first kappa shape index (κ1) is 14.5. The lowest BCUT2D eigenvalue weighted by molar-refractivity contribution is -0.143. The maximum atomic E-state index is 11.5. The lowest BCUT2D eigenvalue weighted by Gasteiger charge is -2.11. The summed E-state index contributed by atoms with van der Waals surface area (Å²) in [6.07, 6.45) is 0. The minimum absolute atomic E-state index is 0.233. The monoisotopic (exact) mass is 264 g/mol. The zero-order chi connectivity index (χ0) is 14.3. The number of carbonyl (C=O) groups is 2. The van der Waals surface area contributed by atoms with Crippen molar-refractivity contribution in [1.82, 2.24) is 0 Å². The Kier molecular flexibility index (Phi) is 5.32. The van der Waals surface area contributed by atoms with Crippen molar-refractivity contribution in [3.8, 4) is 11.8 Å². The van der Waals surface area contributed by atoms with Gasteiger partial charge in [-0.1, -0.05) is 6.07 Å². The molecule has 0 aliphatic rings. The Morgan fingerprint density at radius 1 is 1.42 bits per heavy atom. The predicted octanol–water partition coefficient (Wildman–Crippen LogP) is 0.607. The molecule has 0 fully saturated rings. The van der Waals surface area contributed by atoms with Crippen LogP contribution in [0.2, 0.25) is 0 Å². The SMILES string of the molecule is COc1cccc(C#N)c1NC(=O)COCC(=O)O. The van der Waals surface area contributed by atoms with Crippen LogP contribution in [0.25, 0.3) is 0 Å². The molecule has 0 bridgehead atoms. The van der Waals surface area contributed by atoms with Gasteiger partial charge in [-0.05, 0) is 12.1 Å². The summed E-state index contributed by atoms with van der Waals surface area (Å²) in [7, 11) is 1.41. The summed E-state index contributed by atoms with van der Waals surface area (Å²) in [6.45, 7) is -0.986. The number of ether oxygens (including phenoxy) is 2. The van der Waals surface area contributed by atoms with Crippen molar-refractivity contribution in [3.63, 3.8) is 0 Å². The van der Waals surface area contributed by atoms with Gasteiger partial charge in [0.15, 0.2) is 0 Å². The number of carboxylic acid groups (broad SMARTS) is 1. The van der Waals surface area contributed by atoms with Gasteiger partial charge in [0.2, 0.25) is 0 Å². The topological polar surface area (TPSA) is 109 Å². The third-order valence-electron chi connectivity index (χ3n) is 2.09. The second kappa shape index (κ2) is 6.98. The van der Waals surface area contributed by atoms with Crippen molar-refractivity contribution in [1.29, 1.82) is 5.26 Å². The number of nitriles is 1. The van der Waals surface area contributed by atoms with E-state index in [0.717, 1.165) is 0 Å². The number of anilines is 1. The smallest absolute Gasteiger partial charge is 0.329 e. The van der Waals surface area contributed by atoms with Crippen LogP contribution in [0.1, 0.15) is 5.56 Å². The maximum Gasteiger partial charge on any atom is 0.329 e. The summed E-state index contributed by atoms with van der Waals surface area (Å²) in [5.74, 6) is -1.39. The van der Waals surface area contributed by atoms with E-state index in [1.165, 1.54) is 13.2 Å². The summed E-state index contributed by atoms with van der Waals surface area (Å²) in [4.78, 5) is 21.8. The Labute approximate surface area is 109 Å². The summed E-state index contributed by atoms with van der Waals surface area (Å²) in [6, 6.07) is 6.66. The number of carboxylic acids is 1. The van der Waals surface area contributed by atoms with E-state index in [2.05, 4.69) is 10.1 Å². The molecule has 2 N–H and O–H groups in total. The van der Waals surface area contributed by atoms with Crippen LogP contribution in [0.3, 0.4) is 0 Å². The van der Waals surface area contributed by atoms with E-state index in [0.29, 0.717) is 5.75 Å². The number of nitrogens with zero attached hydrogens (tertiary/aromatic N) is 1. The third-order valence-corrected chi connectivity index (χ3v) is 2.09. The van der Waals surface area contributed by atoms with Crippen molar-refractivity contribution < 1.29 is 24.2 Å². The fraction of sp³-hybridized carbons (Fsp3) is 0.250. The molecule has 0 saturated heterocycles. The van der Waals surface area contributed by atoms with Crippen LogP contribution in [0.4, 0.5) is 5.69 Å². The van der Waals surface area contributed by atoms with Crippen molar-refractivity contribution in [2.75, 3.05) is 25.6 Å². The van der Waals surface area contributed by atoms with Crippen molar-refractivity contribution in [2.24, 2.45) is 0 Å². The number of benzene rings is 1. The predicted molar refractivity (Wildman–Crippen MR) is 64.8 cm³/mol. The summed E-state index contributed by atoms with van der Waals surface area (Å²) in [5.41, 5.74) is 0.474. The molecule has 1 rings (SSSR count). The number of para-hydroxylation sites is 1. The molecule has 7 nitrogen and oxygen atoms in total. The van der Waals surface area contributed by atoms with Crippen molar-refractivity contribution in [2.45, 2.75) is 0 Å². The Bertz CT molecular complexity index is 521. The van der Waals surface area contributed by atoms with Gasteiger partial charge in [-0.15, -0.1) is 0 Å². The third kappa shape index (κ3) is 4.29. The molecule has 0 saturated carbocycles. The van der Waals surface area contributed by atoms with Crippen LogP contribution in [-0.4, -0.2) is 37.3 Å². The van der Waals surface area contributed by atoms with Crippen LogP contribution < -0.4 is 10.1 Å². The highest BCUT2D eigenvalue weighted by Gasteiger charge is 2.12. The summed E-state index contributed by atoms with van der Waals surface area (Å²) in [5, 5.41) is 19.7. The molecular formula is C12H12N2O5. The molecular weight excluding hydrogens is 252 g/mol. The van der Waals surface area contributed by atoms with Gasteiger partial charge in [-0.25, -0.2) is 4.79 Å². The molecule has 0 atom stereocenters. The number of carbonyl (C=O) groups excluding carboxylic acids is 1. The van der Waals surface area contributed by atoms with Crippen LogP contribution in [-0.2, 0) is 14.3 Å². The van der Waals surface area contributed by atoms with Gasteiger partial charge in [-0.3, -0.25) is 4.79 Å². The van der Waals surface area contributed by atoms with E-state index >= 15 is 0 Å². The molecule has 0 aliphatic heterocycles. The van der Waals surface area contributed by atoms with Gasteiger partial charge >= 0.3 is 5.97 Å². The molecule has 1 aromatic rings. The summed E-state index contributed by atoms with van der Waals surface area (Å²) >= 11 is 0. The van der Waals surface area contributed by atoms with Crippen LogP contribution in [0.5, 0.6) is 5.75 Å². The van der Waals surface area contributed by atoms with Gasteiger partial charge in [0.25, 0.3) is 5.91 Å². The van der Waals surface area contributed by atoms with Gasteiger partial charge < -0.3 is 19.9 Å². The molecule has 0 aromatic heterocycles. The Morgan fingerprint density at radius 2 is 2.16 bits per heavy atom. The number of hydrogen-bond donors (Lipinski definition) is 2. The number of hydrogen-bond acceptors (Lipinski definition) is 5. The van der Waals surface area contributed by atoms with Gasteiger partial charge in [0.1, 0.15) is 30.7 Å². The van der Waals surface area contributed by atoms with E-state index in [4.69, 9.17) is 15.1 Å². The van der Waals surface area contributed by atoms with E-state index < -0.39 is 25.1 Å². The van der Waals surface area contributed by atoms with Gasteiger partial charge in [-0.2, -0.15) is 5.26 Å². The quantitative estimate of drug-likeness (QED) is 0.779. The number of rotatable bonds is 6. The standard InChI is InChI=1S/C12H12N2O5/c1-18-9-4-2-3-8(5-13)12(9)14-10(15)6-19-7-11(16)17/h2-4H,6-7H2,1H3,(H,14,15)(H,16,17). The molecule has 0 unspecified atom stereocenters. The number of aliphatic carboxylic acids is 1. The zero-order valence-electron chi connectivity index (χ0n) is 10.2. The van der Waals surface area contributed by atoms with Crippen LogP contribution >= 0.6 is 0 Å². The maximum absolute atomic E-state index is 11.5. The Morgan fingerprint density at radius 3 is 2.74 bits per heavy atom. The van der Waals surface area contributed by atoms with Gasteiger partial charge in [0, 0.05) is 0 Å². The number of nitrogens with one attached hydrogen (secondary N) is 1. The molecule has 7 heteroatoms. The largest absolute Gasteiger partial charge is 0.495 e. The van der Waals surface area contributed by atoms with Crippen molar-refractivity contribution in [3.05, 3.63) is 23.8 Å². The molecule has 0 spiro atoms. The second-order valence-corrected chi connectivity index (χ2v) is 3.43. The van der Waals surface area contributed by atoms with E-state index in [-0.39, 0.29) is 11.3 Å². The molecule has 1 aromatic carbocycles. The van der Waals surface area contributed by atoms with E-state index in [1.54, 1.807) is 12.1 Å². The molecule has 100 valence electrons. The van der Waals surface area contributed by atoms with Crippen LogP contribution in [0, 0.1) is 11.3 Å². The van der Waals surface area contributed by atoms with Gasteiger partial charge in [0.05, 0.1) is 12.7 Å². The zero-order valence-corrected chi connectivity index (χ0v) is 10.2. The minimum Gasteiger partial charge on any atom is -0.495 e. The minimum atomic E-state index is -1.16.